The summed E-state index contributed by atoms with van der Waals surface area (Å²) in [6.45, 7) is 2.30. The Hall–Kier alpha value is -1.62. The fraction of sp³-hybridized carbons (Fsp3) is 0.500. The van der Waals surface area contributed by atoms with Crippen LogP contribution >= 0.6 is 0 Å². The molecule has 1 unspecified atom stereocenters. The summed E-state index contributed by atoms with van der Waals surface area (Å²) in [5.41, 5.74) is 5.15. The smallest absolute Gasteiger partial charge is 0.244 e. The molecule has 0 bridgehead atoms. The number of hydrogen-bond donors (Lipinski definition) is 2. The van der Waals surface area contributed by atoms with Crippen molar-refractivity contribution >= 4 is 15.7 Å². The van der Waals surface area contributed by atoms with Gasteiger partial charge in [-0.1, -0.05) is 0 Å². The molecule has 1 aliphatic rings. The zero-order valence-electron chi connectivity index (χ0n) is 11.9. The average molecular weight is 309 g/mol. The van der Waals surface area contributed by atoms with Gasteiger partial charge in [0.1, 0.15) is 11.0 Å². The van der Waals surface area contributed by atoms with E-state index in [0.717, 1.165) is 0 Å². The van der Waals surface area contributed by atoms with Gasteiger partial charge in [-0.3, -0.25) is 0 Å². The van der Waals surface area contributed by atoms with Crippen LogP contribution < -0.4 is 5.73 Å². The third kappa shape index (κ3) is 3.35. The second-order valence-electron chi connectivity index (χ2n) is 5.62. The van der Waals surface area contributed by atoms with Gasteiger partial charge in [0, 0.05) is 18.8 Å². The fourth-order valence-electron chi connectivity index (χ4n) is 2.48. The molecule has 114 valence electrons. The van der Waals surface area contributed by atoms with Gasteiger partial charge in [0.2, 0.25) is 10.0 Å². The first kappa shape index (κ1) is 15.8. The number of nitrogens with two attached hydrogens (primary N) is 1. The topological polar surface area (TPSA) is 107 Å². The van der Waals surface area contributed by atoms with Crippen LogP contribution in [-0.2, 0) is 10.0 Å². The molecule has 0 aromatic heterocycles. The van der Waals surface area contributed by atoms with Crippen LogP contribution in [0.2, 0.25) is 0 Å². The van der Waals surface area contributed by atoms with Crippen molar-refractivity contribution < 1.29 is 13.5 Å². The minimum absolute atomic E-state index is 0.0271. The van der Waals surface area contributed by atoms with Crippen LogP contribution in [0, 0.1) is 11.3 Å². The highest BCUT2D eigenvalue weighted by molar-refractivity contribution is 7.89. The lowest BCUT2D eigenvalue weighted by molar-refractivity contribution is 0.0465. The fourth-order valence-corrected chi connectivity index (χ4v) is 4.08. The molecule has 1 aromatic rings. The quantitative estimate of drug-likeness (QED) is 0.794. The zero-order valence-corrected chi connectivity index (χ0v) is 12.7. The van der Waals surface area contributed by atoms with Crippen LogP contribution in [0.4, 0.5) is 5.69 Å². The van der Waals surface area contributed by atoms with Crippen molar-refractivity contribution in [3.8, 4) is 6.07 Å². The highest BCUT2D eigenvalue weighted by Gasteiger charge is 2.32. The maximum absolute atomic E-state index is 12.7. The van der Waals surface area contributed by atoms with Crippen LogP contribution in [0.25, 0.3) is 0 Å². The molecule has 1 fully saturated rings. The lowest BCUT2D eigenvalue weighted by Crippen LogP contribution is -2.34. The van der Waals surface area contributed by atoms with E-state index in [1.165, 1.54) is 22.5 Å². The van der Waals surface area contributed by atoms with E-state index in [1.54, 1.807) is 6.92 Å². The Morgan fingerprint density at radius 2 is 2.10 bits per heavy atom. The van der Waals surface area contributed by atoms with Crippen LogP contribution in [0.15, 0.2) is 23.1 Å². The minimum atomic E-state index is -3.75. The number of anilines is 1. The summed E-state index contributed by atoms with van der Waals surface area (Å²) in [6, 6.07) is 6.08. The molecule has 3 N–H and O–H groups in total. The number of hydrogen-bond acceptors (Lipinski definition) is 5. The molecule has 1 aromatic carbocycles. The van der Waals surface area contributed by atoms with Crippen molar-refractivity contribution in [2.75, 3.05) is 18.8 Å². The second kappa shape index (κ2) is 5.64. The van der Waals surface area contributed by atoms with E-state index in [2.05, 4.69) is 0 Å². The Kier molecular flexibility index (Phi) is 4.23. The molecule has 1 atom stereocenters. The van der Waals surface area contributed by atoms with Crippen molar-refractivity contribution in [3.63, 3.8) is 0 Å². The third-order valence-electron chi connectivity index (χ3n) is 3.76. The van der Waals surface area contributed by atoms with Crippen molar-refractivity contribution in [1.29, 1.82) is 5.26 Å². The molecular weight excluding hydrogens is 290 g/mol. The van der Waals surface area contributed by atoms with Gasteiger partial charge >= 0.3 is 0 Å². The van der Waals surface area contributed by atoms with E-state index in [1.807, 2.05) is 6.07 Å². The molecule has 21 heavy (non-hydrogen) atoms. The van der Waals surface area contributed by atoms with Crippen molar-refractivity contribution in [3.05, 3.63) is 23.8 Å². The Morgan fingerprint density at radius 1 is 1.38 bits per heavy atom. The predicted molar refractivity (Wildman–Crippen MR) is 78.8 cm³/mol. The molecule has 7 heteroatoms. The number of benzene rings is 1. The minimum Gasteiger partial charge on any atom is -0.399 e. The highest BCUT2D eigenvalue weighted by atomic mass is 32.2. The second-order valence-corrected chi connectivity index (χ2v) is 7.53. The molecule has 0 saturated carbocycles. The molecule has 0 aliphatic carbocycles. The predicted octanol–water partition coefficient (Wildman–Crippen LogP) is 1.07. The Labute approximate surface area is 124 Å². The van der Waals surface area contributed by atoms with Gasteiger partial charge < -0.3 is 10.8 Å². The van der Waals surface area contributed by atoms with Gasteiger partial charge in [-0.2, -0.15) is 9.57 Å². The molecule has 0 spiro atoms. The first-order valence-corrected chi connectivity index (χ1v) is 8.22. The summed E-state index contributed by atoms with van der Waals surface area (Å²) in [7, 11) is -3.75. The van der Waals surface area contributed by atoms with Gasteiger partial charge in [0.25, 0.3) is 0 Å². The van der Waals surface area contributed by atoms with Gasteiger partial charge in [-0.15, -0.1) is 0 Å². The number of rotatable bonds is 2. The summed E-state index contributed by atoms with van der Waals surface area (Å²) in [4.78, 5) is -0.0271. The average Bonchev–Trinajstić information content (AvgIpc) is 2.59. The van der Waals surface area contributed by atoms with Gasteiger partial charge in [0.15, 0.2) is 0 Å². The number of aliphatic hydroxyl groups is 1. The van der Waals surface area contributed by atoms with Gasteiger partial charge in [-0.25, -0.2) is 8.42 Å². The van der Waals surface area contributed by atoms with Gasteiger partial charge in [0.05, 0.1) is 11.2 Å². The van der Waals surface area contributed by atoms with Crippen LogP contribution in [-0.4, -0.2) is 36.5 Å². The summed E-state index contributed by atoms with van der Waals surface area (Å²) in [6.07, 6.45) is 1.53. The molecule has 0 radical (unpaired) electrons. The lowest BCUT2D eigenvalue weighted by atomic mass is 9.98. The highest BCUT2D eigenvalue weighted by Crippen LogP contribution is 2.27. The summed E-state index contributed by atoms with van der Waals surface area (Å²) in [5, 5.41) is 19.2. The molecule has 1 heterocycles. The maximum Gasteiger partial charge on any atom is 0.244 e. The van der Waals surface area contributed by atoms with Crippen molar-refractivity contribution in [2.24, 2.45) is 0 Å². The number of nitriles is 1. The van der Waals surface area contributed by atoms with E-state index in [4.69, 9.17) is 11.0 Å². The number of sulfonamides is 1. The Bertz CT molecular complexity index is 677. The molecular formula is C14H19N3O3S. The van der Waals surface area contributed by atoms with Crippen molar-refractivity contribution in [1.82, 2.24) is 4.31 Å². The Balaban J connectivity index is 2.37. The molecule has 2 rings (SSSR count). The van der Waals surface area contributed by atoms with Crippen molar-refractivity contribution in [2.45, 2.75) is 36.7 Å². The molecule has 1 saturated heterocycles. The SMILES string of the molecule is CC1(O)CCCN(S(=O)(=O)c2ccc(N)cc2C#N)CC1. The van der Waals surface area contributed by atoms with E-state index >= 15 is 0 Å². The van der Waals surface area contributed by atoms with Crippen LogP contribution in [0.3, 0.4) is 0 Å². The summed E-state index contributed by atoms with van der Waals surface area (Å²) >= 11 is 0. The molecule has 0 amide bonds. The Morgan fingerprint density at radius 3 is 2.76 bits per heavy atom. The zero-order chi connectivity index (χ0) is 15.7. The summed E-state index contributed by atoms with van der Waals surface area (Å²) in [5.74, 6) is 0. The van der Waals surface area contributed by atoms with Gasteiger partial charge in [-0.05, 0) is 44.4 Å². The summed E-state index contributed by atoms with van der Waals surface area (Å²) < 4.78 is 26.7. The van der Waals surface area contributed by atoms with E-state index < -0.39 is 15.6 Å². The normalized spacial score (nSPS) is 24.2. The number of nitrogens with zero attached hydrogens (tertiary/aromatic N) is 2. The molecule has 1 aliphatic heterocycles. The number of nitrogen functional groups attached to an aromatic ring is 1. The third-order valence-corrected chi connectivity index (χ3v) is 5.72. The monoisotopic (exact) mass is 309 g/mol. The van der Waals surface area contributed by atoms with E-state index in [-0.39, 0.29) is 17.0 Å². The van der Waals surface area contributed by atoms with Crippen LogP contribution in [0.5, 0.6) is 0 Å². The van der Waals surface area contributed by atoms with Crippen LogP contribution in [0.1, 0.15) is 31.7 Å². The lowest BCUT2D eigenvalue weighted by Gasteiger charge is -2.22. The largest absolute Gasteiger partial charge is 0.399 e. The van der Waals surface area contributed by atoms with E-state index in [0.29, 0.717) is 31.5 Å². The molecule has 6 nitrogen and oxygen atoms in total. The maximum atomic E-state index is 12.7. The van der Waals surface area contributed by atoms with E-state index in [9.17, 15) is 13.5 Å². The first-order chi connectivity index (χ1) is 9.76. The first-order valence-electron chi connectivity index (χ1n) is 6.78. The standard InChI is InChI=1S/C14H19N3O3S/c1-14(18)5-2-7-17(8-6-14)21(19,20)13-4-3-12(16)9-11(13)10-15/h3-4,9,18H,2,5-8,16H2,1H3.